The number of hydrazone groups is 2. The van der Waals surface area contributed by atoms with E-state index in [4.69, 9.17) is 11.5 Å². The highest BCUT2D eigenvalue weighted by Crippen LogP contribution is 2.36. The Morgan fingerprint density at radius 2 is 1.37 bits per heavy atom. The number of nitrogens with zero attached hydrogens (tertiary/aromatic N) is 2. The molecule has 104 valence electrons. The van der Waals surface area contributed by atoms with Crippen LogP contribution < -0.4 is 22.3 Å². The van der Waals surface area contributed by atoms with Crippen LogP contribution in [0, 0.1) is 11.8 Å². The molecule has 0 heterocycles. The van der Waals surface area contributed by atoms with E-state index >= 15 is 0 Å². The molecular formula is C11H18N6O2. The molecule has 0 unspecified atom stereocenters. The SMILES string of the molecule is NC(=O)N/N=C1/CC[C@H]2C[C@H]1CC/C2=N\NC(N)=O. The van der Waals surface area contributed by atoms with E-state index < -0.39 is 12.1 Å². The van der Waals surface area contributed by atoms with Crippen molar-refractivity contribution in [1.29, 1.82) is 0 Å². The Kier molecular flexibility index (Phi) is 3.98. The van der Waals surface area contributed by atoms with Crippen LogP contribution in [0.4, 0.5) is 9.59 Å². The molecule has 0 saturated heterocycles. The Hall–Kier alpha value is -2.12. The van der Waals surface area contributed by atoms with Crippen molar-refractivity contribution in [3.63, 3.8) is 0 Å². The molecule has 2 aliphatic carbocycles. The van der Waals surface area contributed by atoms with Gasteiger partial charge in [-0.1, -0.05) is 0 Å². The lowest BCUT2D eigenvalue weighted by Crippen LogP contribution is -2.38. The summed E-state index contributed by atoms with van der Waals surface area (Å²) in [6.45, 7) is 0. The van der Waals surface area contributed by atoms with Crippen molar-refractivity contribution in [2.24, 2.45) is 33.5 Å². The van der Waals surface area contributed by atoms with E-state index in [-0.39, 0.29) is 0 Å². The van der Waals surface area contributed by atoms with Gasteiger partial charge in [-0.05, 0) is 32.1 Å². The summed E-state index contributed by atoms with van der Waals surface area (Å²) in [5, 5.41) is 8.13. The van der Waals surface area contributed by atoms with E-state index in [1.165, 1.54) is 0 Å². The fourth-order valence-electron chi connectivity index (χ4n) is 2.79. The fraction of sp³-hybridized carbons (Fsp3) is 0.636. The van der Waals surface area contributed by atoms with Gasteiger partial charge < -0.3 is 11.5 Å². The molecule has 0 aromatic heterocycles. The van der Waals surface area contributed by atoms with Crippen LogP contribution in [0.25, 0.3) is 0 Å². The Balaban J connectivity index is 1.98. The molecule has 0 spiro atoms. The minimum atomic E-state index is -0.640. The number of primary amides is 2. The van der Waals surface area contributed by atoms with Crippen LogP contribution in [-0.2, 0) is 0 Å². The van der Waals surface area contributed by atoms with Crippen molar-refractivity contribution in [3.05, 3.63) is 0 Å². The number of carbonyl (C=O) groups excluding carboxylic acids is 2. The zero-order chi connectivity index (χ0) is 13.8. The fourth-order valence-corrected chi connectivity index (χ4v) is 2.79. The highest BCUT2D eigenvalue weighted by Gasteiger charge is 2.34. The monoisotopic (exact) mass is 266 g/mol. The summed E-state index contributed by atoms with van der Waals surface area (Å²) in [4.78, 5) is 21.3. The molecule has 2 atom stereocenters. The molecule has 4 amide bonds. The molecule has 2 aliphatic rings. The van der Waals surface area contributed by atoms with Gasteiger partial charge in [-0.2, -0.15) is 10.2 Å². The van der Waals surface area contributed by atoms with Gasteiger partial charge in [-0.25, -0.2) is 20.4 Å². The quantitative estimate of drug-likeness (QED) is 0.533. The highest BCUT2D eigenvalue weighted by molar-refractivity contribution is 5.95. The summed E-state index contributed by atoms with van der Waals surface area (Å²) in [7, 11) is 0. The van der Waals surface area contributed by atoms with Gasteiger partial charge in [0.2, 0.25) is 0 Å². The maximum atomic E-state index is 10.6. The summed E-state index contributed by atoms with van der Waals surface area (Å²) in [5.41, 5.74) is 16.6. The molecule has 0 aromatic rings. The number of amides is 4. The Bertz CT molecular complexity index is 404. The van der Waals surface area contributed by atoms with E-state index in [0.29, 0.717) is 11.8 Å². The van der Waals surface area contributed by atoms with Crippen molar-refractivity contribution in [1.82, 2.24) is 10.9 Å². The van der Waals surface area contributed by atoms with Crippen molar-refractivity contribution in [2.75, 3.05) is 0 Å². The number of nitrogens with two attached hydrogens (primary N) is 2. The Morgan fingerprint density at radius 1 is 0.947 bits per heavy atom. The van der Waals surface area contributed by atoms with Gasteiger partial charge in [0.05, 0.1) is 0 Å². The molecule has 2 rings (SSSR count). The number of urea groups is 2. The standard InChI is InChI=1S/C11H18N6O2/c12-10(18)16-14-8-3-1-6-5-7(8)2-4-9(6)15-17-11(13)19/h6-7H,1-5H2,(H3,12,16,18)(H3,13,17,19)/b14-8-,15-9+/t6-,7+/m0/s1. The van der Waals surface area contributed by atoms with Crippen LogP contribution in [0.5, 0.6) is 0 Å². The van der Waals surface area contributed by atoms with Gasteiger partial charge in [0, 0.05) is 23.3 Å². The molecule has 2 saturated carbocycles. The number of fused-ring (bicyclic) bond motifs is 2. The maximum Gasteiger partial charge on any atom is 0.332 e. The lowest BCUT2D eigenvalue weighted by Gasteiger charge is -2.36. The smallest absolute Gasteiger partial charge is 0.332 e. The van der Waals surface area contributed by atoms with Gasteiger partial charge in [0.15, 0.2) is 0 Å². The number of hydrogen-bond acceptors (Lipinski definition) is 4. The Morgan fingerprint density at radius 3 is 1.74 bits per heavy atom. The van der Waals surface area contributed by atoms with Crippen LogP contribution >= 0.6 is 0 Å². The van der Waals surface area contributed by atoms with Gasteiger partial charge in [0.1, 0.15) is 0 Å². The third-order valence-corrected chi connectivity index (χ3v) is 3.63. The number of rotatable bonds is 2. The first-order valence-corrected chi connectivity index (χ1v) is 6.30. The first-order chi connectivity index (χ1) is 9.06. The molecule has 2 fully saturated rings. The number of carbonyl (C=O) groups is 2. The summed E-state index contributed by atoms with van der Waals surface area (Å²) in [5.74, 6) is 0.719. The van der Waals surface area contributed by atoms with E-state index in [1.807, 2.05) is 0 Å². The lowest BCUT2D eigenvalue weighted by molar-refractivity contribution is 0.248. The predicted octanol–water partition coefficient (Wildman–Crippen LogP) is 0.245. The largest absolute Gasteiger partial charge is 0.350 e. The van der Waals surface area contributed by atoms with Gasteiger partial charge >= 0.3 is 12.1 Å². The van der Waals surface area contributed by atoms with Crippen molar-refractivity contribution >= 4 is 23.5 Å². The number of nitrogens with one attached hydrogen (secondary N) is 2. The normalized spacial score (nSPS) is 30.1. The third kappa shape index (κ3) is 3.43. The summed E-state index contributed by atoms with van der Waals surface area (Å²) in [6, 6.07) is -1.28. The zero-order valence-electron chi connectivity index (χ0n) is 10.6. The van der Waals surface area contributed by atoms with Crippen LogP contribution in [0.2, 0.25) is 0 Å². The van der Waals surface area contributed by atoms with E-state index in [9.17, 15) is 9.59 Å². The average Bonchev–Trinajstić information content (AvgIpc) is 2.36. The van der Waals surface area contributed by atoms with E-state index in [0.717, 1.165) is 43.5 Å². The third-order valence-electron chi connectivity index (χ3n) is 3.63. The Labute approximate surface area is 110 Å². The van der Waals surface area contributed by atoms with Crippen LogP contribution in [0.3, 0.4) is 0 Å². The van der Waals surface area contributed by atoms with Crippen LogP contribution in [0.1, 0.15) is 32.1 Å². The van der Waals surface area contributed by atoms with Gasteiger partial charge in [0.25, 0.3) is 0 Å². The second-order valence-electron chi connectivity index (χ2n) is 4.87. The lowest BCUT2D eigenvalue weighted by atomic mass is 9.70. The van der Waals surface area contributed by atoms with Crippen molar-refractivity contribution in [2.45, 2.75) is 32.1 Å². The molecular weight excluding hydrogens is 248 g/mol. The molecule has 19 heavy (non-hydrogen) atoms. The molecule has 0 aliphatic heterocycles. The second kappa shape index (κ2) is 5.68. The predicted molar refractivity (Wildman–Crippen MR) is 70.4 cm³/mol. The molecule has 6 N–H and O–H groups in total. The summed E-state index contributed by atoms with van der Waals surface area (Å²) in [6.07, 6.45) is 4.39. The van der Waals surface area contributed by atoms with Crippen molar-refractivity contribution < 1.29 is 9.59 Å². The van der Waals surface area contributed by atoms with Crippen LogP contribution in [-0.4, -0.2) is 23.5 Å². The summed E-state index contributed by atoms with van der Waals surface area (Å²) < 4.78 is 0. The highest BCUT2D eigenvalue weighted by atomic mass is 16.2. The molecule has 2 bridgehead atoms. The average molecular weight is 266 g/mol. The minimum Gasteiger partial charge on any atom is -0.350 e. The van der Waals surface area contributed by atoms with Gasteiger partial charge in [-0.15, -0.1) is 0 Å². The minimum absolute atomic E-state index is 0.359. The van der Waals surface area contributed by atoms with Crippen molar-refractivity contribution in [3.8, 4) is 0 Å². The molecule has 0 aromatic carbocycles. The summed E-state index contributed by atoms with van der Waals surface area (Å²) >= 11 is 0. The molecule has 8 nitrogen and oxygen atoms in total. The van der Waals surface area contributed by atoms with E-state index in [2.05, 4.69) is 21.1 Å². The zero-order valence-corrected chi connectivity index (χ0v) is 10.6. The second-order valence-corrected chi connectivity index (χ2v) is 4.87. The maximum absolute atomic E-state index is 10.6. The van der Waals surface area contributed by atoms with E-state index in [1.54, 1.807) is 0 Å². The first-order valence-electron chi connectivity index (χ1n) is 6.30. The molecule has 8 heteroatoms. The van der Waals surface area contributed by atoms with Crippen LogP contribution in [0.15, 0.2) is 10.2 Å². The molecule has 0 radical (unpaired) electrons. The number of hydrogen-bond donors (Lipinski definition) is 4. The topological polar surface area (TPSA) is 135 Å². The first kappa shape index (κ1) is 13.3. The van der Waals surface area contributed by atoms with Gasteiger partial charge in [-0.3, -0.25) is 0 Å².